The van der Waals surface area contributed by atoms with Gasteiger partial charge >= 0.3 is 0 Å². The van der Waals surface area contributed by atoms with E-state index in [1.807, 2.05) is 12.1 Å². The number of ether oxygens (including phenoxy) is 1. The first-order valence-electron chi connectivity index (χ1n) is 6.32. The van der Waals surface area contributed by atoms with Crippen LogP contribution in [0.15, 0.2) is 18.3 Å². The van der Waals surface area contributed by atoms with Gasteiger partial charge in [0.15, 0.2) is 0 Å². The summed E-state index contributed by atoms with van der Waals surface area (Å²) in [7, 11) is 1.64. The third kappa shape index (κ3) is 3.33. The van der Waals surface area contributed by atoms with Gasteiger partial charge < -0.3 is 15.8 Å². The van der Waals surface area contributed by atoms with Gasteiger partial charge in [-0.25, -0.2) is 4.98 Å². The molecular weight excluding hydrogens is 214 g/mol. The minimum atomic E-state index is 0.237. The maximum absolute atomic E-state index is 6.17. The van der Waals surface area contributed by atoms with Crippen LogP contribution in [0.4, 0.5) is 5.82 Å². The van der Waals surface area contributed by atoms with Crippen molar-refractivity contribution in [2.24, 2.45) is 5.73 Å². The summed E-state index contributed by atoms with van der Waals surface area (Å²) in [4.78, 5) is 4.32. The molecule has 3 N–H and O–H groups in total. The van der Waals surface area contributed by atoms with Crippen LogP contribution in [0.1, 0.15) is 32.1 Å². The summed E-state index contributed by atoms with van der Waals surface area (Å²) in [6.45, 7) is 0. The minimum absolute atomic E-state index is 0.237. The average molecular weight is 235 g/mol. The highest BCUT2D eigenvalue weighted by molar-refractivity contribution is 5.38. The van der Waals surface area contributed by atoms with Crippen LogP contribution in [-0.2, 0) is 0 Å². The number of methoxy groups -OCH3 is 1. The Balaban J connectivity index is 1.98. The van der Waals surface area contributed by atoms with Crippen LogP contribution < -0.4 is 15.8 Å². The van der Waals surface area contributed by atoms with Crippen LogP contribution in [0.3, 0.4) is 0 Å². The molecule has 0 amide bonds. The van der Waals surface area contributed by atoms with Gasteiger partial charge in [0.05, 0.1) is 13.3 Å². The lowest BCUT2D eigenvalue weighted by atomic mass is 10.0. The first-order valence-corrected chi connectivity index (χ1v) is 6.32. The standard InChI is InChI=1S/C13H21N3O/c1-17-10-7-8-13(15-9-10)16-12-6-4-2-3-5-11(12)14/h7-9,11-12H,2-6,14H2,1H3,(H,15,16). The number of hydrogen-bond acceptors (Lipinski definition) is 4. The molecule has 0 bridgehead atoms. The molecule has 0 spiro atoms. The zero-order valence-corrected chi connectivity index (χ0v) is 10.4. The molecule has 0 radical (unpaired) electrons. The molecule has 1 heterocycles. The van der Waals surface area contributed by atoms with E-state index in [1.165, 1.54) is 19.3 Å². The first-order chi connectivity index (χ1) is 8.29. The number of nitrogens with two attached hydrogens (primary N) is 1. The Hall–Kier alpha value is -1.29. The molecule has 2 atom stereocenters. The molecule has 94 valence electrons. The van der Waals surface area contributed by atoms with Crippen LogP contribution in [0.25, 0.3) is 0 Å². The third-order valence-corrected chi connectivity index (χ3v) is 3.37. The van der Waals surface area contributed by atoms with Gasteiger partial charge in [0.2, 0.25) is 0 Å². The van der Waals surface area contributed by atoms with E-state index < -0.39 is 0 Å². The van der Waals surface area contributed by atoms with E-state index in [4.69, 9.17) is 10.5 Å². The van der Waals surface area contributed by atoms with Crippen molar-refractivity contribution < 1.29 is 4.74 Å². The maximum Gasteiger partial charge on any atom is 0.137 e. The third-order valence-electron chi connectivity index (χ3n) is 3.37. The highest BCUT2D eigenvalue weighted by Crippen LogP contribution is 2.20. The highest BCUT2D eigenvalue weighted by atomic mass is 16.5. The second-order valence-electron chi connectivity index (χ2n) is 4.64. The molecule has 0 saturated heterocycles. The van der Waals surface area contributed by atoms with Crippen molar-refractivity contribution in [3.63, 3.8) is 0 Å². The van der Waals surface area contributed by atoms with Gasteiger partial charge in [-0.05, 0) is 25.0 Å². The van der Waals surface area contributed by atoms with E-state index in [0.29, 0.717) is 6.04 Å². The van der Waals surface area contributed by atoms with Gasteiger partial charge in [-0.2, -0.15) is 0 Å². The van der Waals surface area contributed by atoms with Crippen molar-refractivity contribution in [2.75, 3.05) is 12.4 Å². The summed E-state index contributed by atoms with van der Waals surface area (Å²) in [6, 6.07) is 4.44. The largest absolute Gasteiger partial charge is 0.495 e. The van der Waals surface area contributed by atoms with Crippen LogP contribution in [0, 0.1) is 0 Å². The molecule has 1 fully saturated rings. The first kappa shape index (κ1) is 12.2. The van der Waals surface area contributed by atoms with Gasteiger partial charge in [0, 0.05) is 12.1 Å². The smallest absolute Gasteiger partial charge is 0.137 e. The van der Waals surface area contributed by atoms with Crippen molar-refractivity contribution in [3.05, 3.63) is 18.3 Å². The summed E-state index contributed by atoms with van der Waals surface area (Å²) in [6.07, 6.45) is 7.76. The fourth-order valence-corrected chi connectivity index (χ4v) is 2.29. The van der Waals surface area contributed by atoms with Crippen LogP contribution in [-0.4, -0.2) is 24.2 Å². The fraction of sp³-hybridized carbons (Fsp3) is 0.615. The van der Waals surface area contributed by atoms with Gasteiger partial charge in [0.25, 0.3) is 0 Å². The number of anilines is 1. The number of pyridine rings is 1. The molecule has 2 rings (SSSR count). The molecule has 4 nitrogen and oxygen atoms in total. The van der Waals surface area contributed by atoms with Gasteiger partial charge in [-0.1, -0.05) is 19.3 Å². The second-order valence-corrected chi connectivity index (χ2v) is 4.64. The summed E-state index contributed by atoms with van der Waals surface area (Å²) in [5.74, 6) is 1.66. The number of nitrogens with zero attached hydrogens (tertiary/aromatic N) is 1. The second kappa shape index (κ2) is 5.87. The van der Waals surface area contributed by atoms with Crippen LogP contribution >= 0.6 is 0 Å². The minimum Gasteiger partial charge on any atom is -0.495 e. The van der Waals surface area contributed by atoms with Gasteiger partial charge in [-0.3, -0.25) is 0 Å². The Kier molecular flexibility index (Phi) is 4.20. The van der Waals surface area contributed by atoms with Crippen molar-refractivity contribution in [3.8, 4) is 5.75 Å². The van der Waals surface area contributed by atoms with E-state index in [-0.39, 0.29) is 6.04 Å². The summed E-state index contributed by atoms with van der Waals surface area (Å²) in [5.41, 5.74) is 6.17. The van der Waals surface area contributed by atoms with Crippen molar-refractivity contribution in [1.82, 2.24) is 4.98 Å². The van der Waals surface area contributed by atoms with Crippen LogP contribution in [0.5, 0.6) is 5.75 Å². The fourth-order valence-electron chi connectivity index (χ4n) is 2.29. The normalized spacial score (nSPS) is 25.1. The lowest BCUT2D eigenvalue weighted by Gasteiger charge is -2.23. The molecule has 1 saturated carbocycles. The molecule has 1 aromatic heterocycles. The lowest BCUT2D eigenvalue weighted by molar-refractivity contribution is 0.413. The Morgan fingerprint density at radius 1 is 1.29 bits per heavy atom. The van der Waals surface area contributed by atoms with Crippen molar-refractivity contribution in [2.45, 2.75) is 44.2 Å². The Bertz CT molecular complexity index is 339. The highest BCUT2D eigenvalue weighted by Gasteiger charge is 2.20. The number of rotatable bonds is 3. The monoisotopic (exact) mass is 235 g/mol. The summed E-state index contributed by atoms with van der Waals surface area (Å²) in [5, 5.41) is 3.43. The molecule has 1 aliphatic rings. The SMILES string of the molecule is COc1ccc(NC2CCCCCC2N)nc1. The molecule has 2 unspecified atom stereocenters. The Morgan fingerprint density at radius 3 is 2.82 bits per heavy atom. The van der Waals surface area contributed by atoms with E-state index in [2.05, 4.69) is 10.3 Å². The summed E-state index contributed by atoms with van der Waals surface area (Å²) < 4.78 is 5.09. The van der Waals surface area contributed by atoms with E-state index >= 15 is 0 Å². The molecule has 1 aliphatic carbocycles. The van der Waals surface area contributed by atoms with Gasteiger partial charge in [0.1, 0.15) is 11.6 Å². The van der Waals surface area contributed by atoms with E-state index in [1.54, 1.807) is 13.3 Å². The molecular formula is C13H21N3O. The number of aromatic nitrogens is 1. The zero-order chi connectivity index (χ0) is 12.1. The zero-order valence-electron chi connectivity index (χ0n) is 10.4. The lowest BCUT2D eigenvalue weighted by Crippen LogP contribution is -2.39. The quantitative estimate of drug-likeness (QED) is 0.788. The molecule has 0 aromatic carbocycles. The van der Waals surface area contributed by atoms with E-state index in [0.717, 1.165) is 24.4 Å². The maximum atomic E-state index is 6.17. The van der Waals surface area contributed by atoms with Gasteiger partial charge in [-0.15, -0.1) is 0 Å². The van der Waals surface area contributed by atoms with Crippen molar-refractivity contribution in [1.29, 1.82) is 0 Å². The Labute approximate surface area is 103 Å². The predicted octanol–water partition coefficient (Wildman–Crippen LogP) is 2.16. The molecule has 1 aromatic rings. The van der Waals surface area contributed by atoms with E-state index in [9.17, 15) is 0 Å². The summed E-state index contributed by atoms with van der Waals surface area (Å²) >= 11 is 0. The Morgan fingerprint density at radius 2 is 2.12 bits per heavy atom. The molecule has 0 aliphatic heterocycles. The molecule has 17 heavy (non-hydrogen) atoms. The number of hydrogen-bond donors (Lipinski definition) is 2. The number of nitrogens with one attached hydrogen (secondary N) is 1. The topological polar surface area (TPSA) is 60.2 Å². The van der Waals surface area contributed by atoms with Crippen LogP contribution in [0.2, 0.25) is 0 Å². The van der Waals surface area contributed by atoms with Crippen molar-refractivity contribution >= 4 is 5.82 Å². The average Bonchev–Trinajstić information content (AvgIpc) is 2.56. The predicted molar refractivity (Wildman–Crippen MR) is 69.3 cm³/mol. The molecule has 4 heteroatoms.